The summed E-state index contributed by atoms with van der Waals surface area (Å²) in [6.07, 6.45) is 3.13. The Balaban J connectivity index is 1.55. The monoisotopic (exact) mass is 373 g/mol. The maximum Gasteiger partial charge on any atom is 0.415 e. The molecule has 10 heteroatoms. The summed E-state index contributed by atoms with van der Waals surface area (Å²) in [5.74, 6) is 1.22. The van der Waals surface area contributed by atoms with Crippen LogP contribution in [0.3, 0.4) is 0 Å². The first kappa shape index (κ1) is 16.7. The summed E-state index contributed by atoms with van der Waals surface area (Å²) in [6, 6.07) is 1.58. The molecule has 9 nitrogen and oxygen atoms in total. The van der Waals surface area contributed by atoms with Gasteiger partial charge in [0.15, 0.2) is 0 Å². The predicted octanol–water partition coefficient (Wildman–Crippen LogP) is 2.74. The first-order valence-corrected chi connectivity index (χ1v) is 9.25. The molecule has 0 bridgehead atoms. The van der Waals surface area contributed by atoms with Crippen LogP contribution in [0.25, 0.3) is 4.96 Å². The molecule has 3 aromatic rings. The van der Waals surface area contributed by atoms with Crippen molar-refractivity contribution >= 4 is 34.2 Å². The summed E-state index contributed by atoms with van der Waals surface area (Å²) in [4.78, 5) is 27.8. The largest absolute Gasteiger partial charge is 0.447 e. The number of ether oxygens (including phenoxy) is 1. The Morgan fingerprint density at radius 3 is 2.96 bits per heavy atom. The van der Waals surface area contributed by atoms with E-state index in [1.165, 1.54) is 11.3 Å². The van der Waals surface area contributed by atoms with Crippen LogP contribution >= 0.6 is 11.3 Å². The van der Waals surface area contributed by atoms with Crippen LogP contribution in [-0.4, -0.2) is 43.3 Å². The summed E-state index contributed by atoms with van der Waals surface area (Å²) in [6.45, 7) is 6.46. The van der Waals surface area contributed by atoms with Crippen molar-refractivity contribution in [1.82, 2.24) is 24.6 Å². The highest BCUT2D eigenvalue weighted by atomic mass is 32.1. The van der Waals surface area contributed by atoms with Gasteiger partial charge in [-0.2, -0.15) is 10.1 Å². The number of nitrogens with zero attached hydrogens (tertiary/aromatic N) is 6. The van der Waals surface area contributed by atoms with E-state index in [0.29, 0.717) is 18.4 Å². The molecule has 0 spiro atoms. The molecule has 0 radical (unpaired) electrons. The number of fused-ring (bicyclic) bond motifs is 1. The van der Waals surface area contributed by atoms with Gasteiger partial charge in [0.2, 0.25) is 10.9 Å². The van der Waals surface area contributed by atoms with E-state index >= 15 is 0 Å². The molecule has 1 aliphatic heterocycles. The van der Waals surface area contributed by atoms with E-state index in [2.05, 4.69) is 39.2 Å². The molecule has 26 heavy (non-hydrogen) atoms. The molecular formula is C16H19N7O2S. The molecular weight excluding hydrogens is 354 g/mol. The smallest absolute Gasteiger partial charge is 0.415 e. The van der Waals surface area contributed by atoms with Crippen molar-refractivity contribution in [2.45, 2.75) is 32.9 Å². The van der Waals surface area contributed by atoms with Crippen LogP contribution in [0.5, 0.6) is 0 Å². The molecule has 4 rings (SSSR count). The second-order valence-electron chi connectivity index (χ2n) is 6.49. The van der Waals surface area contributed by atoms with Crippen molar-refractivity contribution in [3.8, 4) is 0 Å². The van der Waals surface area contributed by atoms with Crippen LogP contribution in [0.2, 0.25) is 0 Å². The van der Waals surface area contributed by atoms with Gasteiger partial charge in [-0.3, -0.25) is 4.90 Å². The van der Waals surface area contributed by atoms with E-state index < -0.39 is 0 Å². The number of cyclic esters (lactones) is 1. The van der Waals surface area contributed by atoms with Crippen molar-refractivity contribution in [2.75, 3.05) is 16.8 Å². The molecule has 1 N–H and O–H groups in total. The third-order valence-corrected chi connectivity index (χ3v) is 5.05. The molecule has 136 valence electrons. The molecule has 4 heterocycles. The standard InChI is InChI=1S/C16H19N7O2S/c1-9(2)12-7-25-16(24)23(12)13-4-5-17-14(21-13)19-10(3)11-6-22-15(20-11)26-8-18-22/h4-6,8-10,12H,7H2,1-3H3,(H,17,19,21)/t10-,12?/m0/s1. The highest BCUT2D eigenvalue weighted by molar-refractivity contribution is 7.14. The van der Waals surface area contributed by atoms with E-state index in [1.54, 1.807) is 27.2 Å². The second kappa shape index (κ2) is 6.52. The van der Waals surface area contributed by atoms with E-state index in [4.69, 9.17) is 4.74 Å². The highest BCUT2D eigenvalue weighted by Gasteiger charge is 2.37. The lowest BCUT2D eigenvalue weighted by Crippen LogP contribution is -2.37. The van der Waals surface area contributed by atoms with Crippen LogP contribution in [0, 0.1) is 5.92 Å². The number of imidazole rings is 1. The molecule has 0 saturated carbocycles. The fraction of sp³-hybridized carbons (Fsp3) is 0.438. The van der Waals surface area contributed by atoms with Crippen LogP contribution in [0.1, 0.15) is 32.5 Å². The summed E-state index contributed by atoms with van der Waals surface area (Å²) in [5.41, 5.74) is 2.59. The first-order chi connectivity index (χ1) is 12.5. The Morgan fingerprint density at radius 1 is 1.35 bits per heavy atom. The molecule has 3 aromatic heterocycles. The summed E-state index contributed by atoms with van der Waals surface area (Å²) < 4.78 is 6.94. The lowest BCUT2D eigenvalue weighted by atomic mass is 10.0. The first-order valence-electron chi connectivity index (χ1n) is 8.37. The average molecular weight is 373 g/mol. The molecule has 2 atom stereocenters. The lowest BCUT2D eigenvalue weighted by Gasteiger charge is -2.23. The summed E-state index contributed by atoms with van der Waals surface area (Å²) in [7, 11) is 0. The number of rotatable bonds is 5. The van der Waals surface area contributed by atoms with Crippen molar-refractivity contribution in [3.63, 3.8) is 0 Å². The van der Waals surface area contributed by atoms with E-state index in [1.807, 2.05) is 13.1 Å². The van der Waals surface area contributed by atoms with E-state index in [-0.39, 0.29) is 24.1 Å². The SMILES string of the molecule is CC(C)C1COC(=O)N1c1ccnc(N[C@@H](C)c2cn3ncsc3n2)n1. The van der Waals surface area contributed by atoms with Crippen LogP contribution in [-0.2, 0) is 4.74 Å². The van der Waals surface area contributed by atoms with Gasteiger partial charge < -0.3 is 10.1 Å². The molecule has 1 fully saturated rings. The van der Waals surface area contributed by atoms with Gasteiger partial charge in [0.1, 0.15) is 17.9 Å². The molecule has 1 amide bonds. The van der Waals surface area contributed by atoms with Gasteiger partial charge in [0.05, 0.1) is 24.0 Å². The van der Waals surface area contributed by atoms with Gasteiger partial charge in [-0.05, 0) is 18.9 Å². The highest BCUT2D eigenvalue weighted by Crippen LogP contribution is 2.26. The van der Waals surface area contributed by atoms with Gasteiger partial charge in [-0.1, -0.05) is 25.2 Å². The molecule has 0 aliphatic carbocycles. The third-order valence-electron chi connectivity index (χ3n) is 4.36. The van der Waals surface area contributed by atoms with Gasteiger partial charge >= 0.3 is 6.09 Å². The average Bonchev–Trinajstić information content (AvgIpc) is 3.28. The molecule has 1 unspecified atom stereocenters. The second-order valence-corrected chi connectivity index (χ2v) is 7.31. The van der Waals surface area contributed by atoms with Crippen molar-refractivity contribution in [2.24, 2.45) is 5.92 Å². The van der Waals surface area contributed by atoms with Gasteiger partial charge in [0, 0.05) is 6.20 Å². The minimum Gasteiger partial charge on any atom is -0.447 e. The zero-order valence-electron chi connectivity index (χ0n) is 14.7. The Labute approximate surface area is 154 Å². The Hall–Kier alpha value is -2.75. The maximum absolute atomic E-state index is 12.1. The lowest BCUT2D eigenvalue weighted by molar-refractivity contribution is 0.177. The number of hydrogen-bond acceptors (Lipinski definition) is 8. The zero-order chi connectivity index (χ0) is 18.3. The van der Waals surface area contributed by atoms with Crippen LogP contribution in [0.4, 0.5) is 16.6 Å². The molecule has 0 aromatic carbocycles. The fourth-order valence-corrected chi connectivity index (χ4v) is 3.48. The quantitative estimate of drug-likeness (QED) is 0.734. The number of anilines is 2. The molecule has 1 saturated heterocycles. The number of carbonyl (C=O) groups is 1. The minimum absolute atomic E-state index is 0.0336. The van der Waals surface area contributed by atoms with Crippen molar-refractivity contribution < 1.29 is 9.53 Å². The summed E-state index contributed by atoms with van der Waals surface area (Å²) >= 11 is 1.48. The van der Waals surface area contributed by atoms with Gasteiger partial charge in [0.25, 0.3) is 0 Å². The number of hydrogen-bond donors (Lipinski definition) is 1. The normalized spacial score (nSPS) is 18.5. The number of aromatic nitrogens is 5. The number of amides is 1. The Morgan fingerprint density at radius 2 is 2.19 bits per heavy atom. The van der Waals surface area contributed by atoms with Crippen LogP contribution in [0.15, 0.2) is 24.0 Å². The third kappa shape index (κ3) is 2.96. The maximum atomic E-state index is 12.1. The fourth-order valence-electron chi connectivity index (χ4n) is 2.87. The summed E-state index contributed by atoms with van der Waals surface area (Å²) in [5, 5.41) is 7.42. The van der Waals surface area contributed by atoms with E-state index in [9.17, 15) is 4.79 Å². The van der Waals surface area contributed by atoms with Gasteiger partial charge in [-0.15, -0.1) is 0 Å². The topological polar surface area (TPSA) is 97.5 Å². The predicted molar refractivity (Wildman–Crippen MR) is 97.4 cm³/mol. The Bertz CT molecular complexity index is 909. The Kier molecular flexibility index (Phi) is 4.19. The zero-order valence-corrected chi connectivity index (χ0v) is 15.5. The minimum atomic E-state index is -0.373. The van der Waals surface area contributed by atoms with E-state index in [0.717, 1.165) is 10.7 Å². The van der Waals surface area contributed by atoms with Crippen molar-refractivity contribution in [1.29, 1.82) is 0 Å². The number of carbonyl (C=O) groups excluding carboxylic acids is 1. The number of nitrogens with one attached hydrogen (secondary N) is 1. The van der Waals surface area contributed by atoms with Crippen molar-refractivity contribution in [3.05, 3.63) is 29.7 Å². The molecule has 1 aliphatic rings. The van der Waals surface area contributed by atoms with Crippen LogP contribution < -0.4 is 10.2 Å². The van der Waals surface area contributed by atoms with Gasteiger partial charge in [-0.25, -0.2) is 19.3 Å².